The second kappa shape index (κ2) is 8.79. The van der Waals surface area contributed by atoms with Crippen molar-refractivity contribution in [1.29, 1.82) is 0 Å². The van der Waals surface area contributed by atoms with Crippen LogP contribution in [-0.4, -0.2) is 56.0 Å². The molecule has 4 nitrogen and oxygen atoms in total. The molecule has 0 bridgehead atoms. The van der Waals surface area contributed by atoms with Crippen molar-refractivity contribution >= 4 is 5.78 Å². The fraction of sp³-hybridized carbons (Fsp3) is 0.435. The molecule has 27 heavy (non-hydrogen) atoms. The molecule has 2 aromatic rings. The Balaban J connectivity index is 2.00. The average molecular weight is 367 g/mol. The molecule has 1 saturated heterocycles. The van der Waals surface area contributed by atoms with Crippen LogP contribution in [0, 0.1) is 5.92 Å². The van der Waals surface area contributed by atoms with Crippen LogP contribution in [0.5, 0.6) is 0 Å². The van der Waals surface area contributed by atoms with Crippen LogP contribution >= 0.6 is 0 Å². The number of nitrogens with zero attached hydrogens (tertiary/aromatic N) is 2. The highest BCUT2D eigenvalue weighted by atomic mass is 16.5. The van der Waals surface area contributed by atoms with Gasteiger partial charge in [0, 0.05) is 19.0 Å². The number of ether oxygens (including phenoxy) is 1. The zero-order valence-electron chi connectivity index (χ0n) is 16.6. The summed E-state index contributed by atoms with van der Waals surface area (Å²) in [5.74, 6) is 0.141. The number of carbonyl (C=O) groups is 1. The van der Waals surface area contributed by atoms with E-state index in [0.29, 0.717) is 13.2 Å². The average Bonchev–Trinajstić information content (AvgIpc) is 2.70. The topological polar surface area (TPSA) is 32.8 Å². The summed E-state index contributed by atoms with van der Waals surface area (Å²) in [7, 11) is 4.02. The lowest BCUT2D eigenvalue weighted by molar-refractivity contribution is -0.155. The molecule has 4 heteroatoms. The van der Waals surface area contributed by atoms with Crippen LogP contribution in [-0.2, 0) is 21.6 Å². The fourth-order valence-corrected chi connectivity index (χ4v) is 4.20. The largest absolute Gasteiger partial charge is 0.379 e. The summed E-state index contributed by atoms with van der Waals surface area (Å²) < 4.78 is 5.57. The molecule has 0 N–H and O–H groups in total. The van der Waals surface area contributed by atoms with Crippen LogP contribution in [0.4, 0.5) is 0 Å². The normalized spacial score (nSPS) is 18.8. The highest BCUT2D eigenvalue weighted by molar-refractivity contribution is 5.91. The summed E-state index contributed by atoms with van der Waals surface area (Å²) in [5, 5.41) is 0. The van der Waals surface area contributed by atoms with Crippen LogP contribution in [0.2, 0.25) is 0 Å². The Morgan fingerprint density at radius 3 is 2.15 bits per heavy atom. The van der Waals surface area contributed by atoms with Gasteiger partial charge < -0.3 is 4.74 Å². The van der Waals surface area contributed by atoms with E-state index in [0.717, 1.165) is 25.1 Å². The van der Waals surface area contributed by atoms with Crippen molar-refractivity contribution < 1.29 is 9.53 Å². The standard InChI is InChI=1S/C23H30N2O2/c1-19(18-20-10-6-4-7-11-20)22(26)23(24(2)3,21-12-8-5-9-13-21)25-14-16-27-17-15-25/h4-13,19H,14-18H2,1-3H3. The van der Waals surface area contributed by atoms with Gasteiger partial charge in [-0.15, -0.1) is 0 Å². The molecule has 0 amide bonds. The molecule has 1 fully saturated rings. The zero-order chi connectivity index (χ0) is 19.3. The quantitative estimate of drug-likeness (QED) is 0.753. The van der Waals surface area contributed by atoms with Crippen LogP contribution in [0.25, 0.3) is 0 Å². The number of morpholine rings is 1. The molecule has 3 rings (SSSR count). The van der Waals surface area contributed by atoms with Crippen LogP contribution in [0.15, 0.2) is 60.7 Å². The summed E-state index contributed by atoms with van der Waals surface area (Å²) in [4.78, 5) is 18.4. The Morgan fingerprint density at radius 1 is 1.04 bits per heavy atom. The molecular weight excluding hydrogens is 336 g/mol. The molecule has 0 spiro atoms. The van der Waals surface area contributed by atoms with E-state index in [1.54, 1.807) is 0 Å². The number of carbonyl (C=O) groups excluding carboxylic acids is 1. The molecule has 2 unspecified atom stereocenters. The Kier molecular flexibility index (Phi) is 6.42. The third kappa shape index (κ3) is 3.98. The van der Waals surface area contributed by atoms with Crippen LogP contribution in [0.3, 0.4) is 0 Å². The van der Waals surface area contributed by atoms with E-state index >= 15 is 0 Å². The molecule has 0 aromatic heterocycles. The highest BCUT2D eigenvalue weighted by Crippen LogP contribution is 2.36. The maximum absolute atomic E-state index is 14.0. The van der Waals surface area contributed by atoms with Crippen molar-refractivity contribution in [2.45, 2.75) is 19.0 Å². The first kappa shape index (κ1) is 19.7. The first-order valence-corrected chi connectivity index (χ1v) is 9.70. The number of rotatable bonds is 7. The second-order valence-electron chi connectivity index (χ2n) is 7.49. The molecule has 1 aliphatic rings. The van der Waals surface area contributed by atoms with Crippen molar-refractivity contribution in [3.8, 4) is 0 Å². The SMILES string of the molecule is CC(Cc1ccccc1)C(=O)C(c1ccccc1)(N(C)C)N1CCOCC1. The monoisotopic (exact) mass is 366 g/mol. The maximum Gasteiger partial charge on any atom is 0.175 e. The first-order chi connectivity index (χ1) is 13.1. The summed E-state index contributed by atoms with van der Waals surface area (Å²) in [6.07, 6.45) is 0.742. The van der Waals surface area contributed by atoms with E-state index in [2.05, 4.69) is 41.0 Å². The second-order valence-corrected chi connectivity index (χ2v) is 7.49. The van der Waals surface area contributed by atoms with E-state index in [9.17, 15) is 4.79 Å². The number of ketones is 1. The minimum Gasteiger partial charge on any atom is -0.379 e. The Hall–Kier alpha value is -2.01. The maximum atomic E-state index is 14.0. The van der Waals surface area contributed by atoms with Gasteiger partial charge in [0.25, 0.3) is 0 Å². The summed E-state index contributed by atoms with van der Waals surface area (Å²) in [6.45, 7) is 4.86. The van der Waals surface area contributed by atoms with Crippen molar-refractivity contribution in [1.82, 2.24) is 9.80 Å². The van der Waals surface area contributed by atoms with Crippen molar-refractivity contribution in [2.24, 2.45) is 5.92 Å². The third-order valence-electron chi connectivity index (χ3n) is 5.47. The van der Waals surface area contributed by atoms with Crippen molar-refractivity contribution in [2.75, 3.05) is 40.4 Å². The Labute approximate surface area is 162 Å². The molecule has 1 aliphatic heterocycles. The minimum absolute atomic E-state index is 0.0992. The lowest BCUT2D eigenvalue weighted by Gasteiger charge is -2.49. The van der Waals surface area contributed by atoms with Gasteiger partial charge in [0.1, 0.15) is 0 Å². The van der Waals surface area contributed by atoms with Gasteiger partial charge in [-0.05, 0) is 31.6 Å². The number of Topliss-reactive ketones (excluding diaryl/α,β-unsaturated/α-hetero) is 1. The fourth-order valence-electron chi connectivity index (χ4n) is 4.20. The predicted molar refractivity (Wildman–Crippen MR) is 109 cm³/mol. The molecule has 0 saturated carbocycles. The number of benzene rings is 2. The van der Waals surface area contributed by atoms with Gasteiger partial charge in [0.15, 0.2) is 11.4 Å². The van der Waals surface area contributed by atoms with Gasteiger partial charge in [0.2, 0.25) is 0 Å². The summed E-state index contributed by atoms with van der Waals surface area (Å²) >= 11 is 0. The number of hydrogen-bond donors (Lipinski definition) is 0. The highest BCUT2D eigenvalue weighted by Gasteiger charge is 2.49. The van der Waals surface area contributed by atoms with Gasteiger partial charge >= 0.3 is 0 Å². The Morgan fingerprint density at radius 2 is 1.59 bits per heavy atom. The summed E-state index contributed by atoms with van der Waals surface area (Å²) in [5.41, 5.74) is 1.45. The van der Waals surface area contributed by atoms with Crippen LogP contribution in [0.1, 0.15) is 18.1 Å². The lowest BCUT2D eigenvalue weighted by Crippen LogP contribution is -2.64. The molecule has 2 atom stereocenters. The van der Waals surface area contributed by atoms with Gasteiger partial charge in [-0.3, -0.25) is 14.6 Å². The number of likely N-dealkylation sites (N-methyl/N-ethyl adjacent to an activating group) is 1. The van der Waals surface area contributed by atoms with Crippen LogP contribution < -0.4 is 0 Å². The predicted octanol–water partition coefficient (Wildman–Crippen LogP) is 3.18. The minimum atomic E-state index is -0.779. The van der Waals surface area contributed by atoms with Gasteiger partial charge in [-0.2, -0.15) is 0 Å². The van der Waals surface area contributed by atoms with Crippen molar-refractivity contribution in [3.63, 3.8) is 0 Å². The number of hydrogen-bond acceptors (Lipinski definition) is 4. The summed E-state index contributed by atoms with van der Waals surface area (Å²) in [6, 6.07) is 20.4. The van der Waals surface area contributed by atoms with E-state index in [1.807, 2.05) is 50.5 Å². The molecule has 0 aliphatic carbocycles. The molecule has 144 valence electrons. The molecular formula is C23H30N2O2. The van der Waals surface area contributed by atoms with Gasteiger partial charge in [0.05, 0.1) is 13.2 Å². The zero-order valence-corrected chi connectivity index (χ0v) is 16.6. The van der Waals surface area contributed by atoms with E-state index in [1.165, 1.54) is 5.56 Å². The molecule has 0 radical (unpaired) electrons. The van der Waals surface area contributed by atoms with E-state index < -0.39 is 5.66 Å². The first-order valence-electron chi connectivity index (χ1n) is 9.70. The van der Waals surface area contributed by atoms with Gasteiger partial charge in [-0.25, -0.2) is 0 Å². The Bertz CT molecular complexity index is 727. The van der Waals surface area contributed by atoms with E-state index in [4.69, 9.17) is 4.74 Å². The smallest absolute Gasteiger partial charge is 0.175 e. The third-order valence-corrected chi connectivity index (χ3v) is 5.47. The van der Waals surface area contributed by atoms with Gasteiger partial charge in [-0.1, -0.05) is 67.6 Å². The van der Waals surface area contributed by atoms with Crippen molar-refractivity contribution in [3.05, 3.63) is 71.8 Å². The molecule has 2 aromatic carbocycles. The lowest BCUT2D eigenvalue weighted by atomic mass is 9.82. The molecule has 1 heterocycles. The van der Waals surface area contributed by atoms with E-state index in [-0.39, 0.29) is 11.7 Å².